The summed E-state index contributed by atoms with van der Waals surface area (Å²) in [6.45, 7) is 2.01. The Kier molecular flexibility index (Phi) is 2.64. The summed E-state index contributed by atoms with van der Waals surface area (Å²) in [7, 11) is 0. The largest absolute Gasteiger partial charge is 0.369 e. The van der Waals surface area contributed by atoms with Crippen LogP contribution >= 0.6 is 11.8 Å². The maximum atomic E-state index is 10.6. The van der Waals surface area contributed by atoms with Crippen LogP contribution < -0.4 is 5.73 Å². The van der Waals surface area contributed by atoms with Gasteiger partial charge >= 0.3 is 0 Å². The molecule has 2 aromatic rings. The predicted octanol–water partition coefficient (Wildman–Crippen LogP) is 1.45. The van der Waals surface area contributed by atoms with E-state index < -0.39 is 0 Å². The van der Waals surface area contributed by atoms with E-state index in [1.54, 1.807) is 0 Å². The Hall–Kier alpha value is -1.49. The monoisotopic (exact) mass is 221 g/mol. The van der Waals surface area contributed by atoms with Gasteiger partial charge in [-0.25, -0.2) is 4.98 Å². The lowest BCUT2D eigenvalue weighted by molar-refractivity contribution is -0.115. The number of benzene rings is 1. The average Bonchev–Trinajstić information content (AvgIpc) is 2.59. The molecule has 4 nitrogen and oxygen atoms in total. The molecular formula is C10H11N3OS. The Morgan fingerprint density at radius 3 is 3.07 bits per heavy atom. The summed E-state index contributed by atoms with van der Waals surface area (Å²) < 4.78 is 0. The second kappa shape index (κ2) is 3.94. The molecule has 0 aliphatic rings. The van der Waals surface area contributed by atoms with E-state index in [4.69, 9.17) is 5.73 Å². The fraction of sp³-hybridized carbons (Fsp3) is 0.200. The highest BCUT2D eigenvalue weighted by Crippen LogP contribution is 2.21. The first-order valence-corrected chi connectivity index (χ1v) is 5.52. The summed E-state index contributed by atoms with van der Waals surface area (Å²) in [6.07, 6.45) is 0. The van der Waals surface area contributed by atoms with Crippen LogP contribution in [0.25, 0.3) is 11.0 Å². The zero-order valence-electron chi connectivity index (χ0n) is 8.28. The van der Waals surface area contributed by atoms with Gasteiger partial charge in [0.1, 0.15) is 0 Å². The molecule has 0 radical (unpaired) electrons. The van der Waals surface area contributed by atoms with E-state index in [0.717, 1.165) is 21.8 Å². The number of rotatable bonds is 3. The van der Waals surface area contributed by atoms with E-state index in [2.05, 4.69) is 9.97 Å². The molecule has 0 aliphatic heterocycles. The number of hydrogen-bond donors (Lipinski definition) is 2. The molecule has 1 heterocycles. The second-order valence-electron chi connectivity index (χ2n) is 3.27. The van der Waals surface area contributed by atoms with Crippen LogP contribution in [0.2, 0.25) is 0 Å². The smallest absolute Gasteiger partial charge is 0.227 e. The van der Waals surface area contributed by atoms with Gasteiger partial charge in [-0.15, -0.1) is 0 Å². The lowest BCUT2D eigenvalue weighted by Gasteiger charge is -1.90. The minimum absolute atomic E-state index is 0.249. The third kappa shape index (κ3) is 2.12. The SMILES string of the molecule is Cc1cccc2[nH]c(SCC(N)=O)nc12. The number of nitrogens with two attached hydrogens (primary N) is 1. The molecule has 3 N–H and O–H groups in total. The van der Waals surface area contributed by atoms with Crippen LogP contribution in [0.5, 0.6) is 0 Å². The lowest BCUT2D eigenvalue weighted by atomic mass is 10.2. The predicted molar refractivity (Wildman–Crippen MR) is 60.7 cm³/mol. The number of aryl methyl sites for hydroxylation is 1. The van der Waals surface area contributed by atoms with Crippen molar-refractivity contribution in [1.82, 2.24) is 9.97 Å². The maximum absolute atomic E-state index is 10.6. The van der Waals surface area contributed by atoms with Crippen LogP contribution in [0.4, 0.5) is 0 Å². The lowest BCUT2D eigenvalue weighted by Crippen LogP contribution is -2.13. The van der Waals surface area contributed by atoms with Crippen molar-refractivity contribution in [2.45, 2.75) is 12.1 Å². The number of imidazole rings is 1. The first-order valence-electron chi connectivity index (χ1n) is 4.53. The Bertz CT molecular complexity index is 506. The number of nitrogens with one attached hydrogen (secondary N) is 1. The van der Waals surface area contributed by atoms with Gasteiger partial charge in [0.05, 0.1) is 16.8 Å². The summed E-state index contributed by atoms with van der Waals surface area (Å²) in [6, 6.07) is 5.94. The summed E-state index contributed by atoms with van der Waals surface area (Å²) in [4.78, 5) is 18.1. The molecule has 0 fully saturated rings. The molecule has 15 heavy (non-hydrogen) atoms. The van der Waals surface area contributed by atoms with Crippen LogP contribution in [0.1, 0.15) is 5.56 Å². The number of thioether (sulfide) groups is 1. The summed E-state index contributed by atoms with van der Waals surface area (Å²) >= 11 is 1.32. The third-order valence-electron chi connectivity index (χ3n) is 2.04. The van der Waals surface area contributed by atoms with Gasteiger partial charge in [0.15, 0.2) is 5.16 Å². The molecule has 1 aromatic carbocycles. The fourth-order valence-corrected chi connectivity index (χ4v) is 1.98. The van der Waals surface area contributed by atoms with Crippen molar-refractivity contribution in [1.29, 1.82) is 0 Å². The van der Waals surface area contributed by atoms with E-state index >= 15 is 0 Å². The van der Waals surface area contributed by atoms with Crippen LogP contribution in [0.15, 0.2) is 23.4 Å². The standard InChI is InChI=1S/C10H11N3OS/c1-6-3-2-4-7-9(6)13-10(12-7)15-5-8(11)14/h2-4H,5H2,1H3,(H2,11,14)(H,12,13). The van der Waals surface area contributed by atoms with Crippen molar-refractivity contribution in [3.8, 4) is 0 Å². The number of para-hydroxylation sites is 1. The van der Waals surface area contributed by atoms with E-state index in [1.807, 2.05) is 25.1 Å². The number of fused-ring (bicyclic) bond motifs is 1. The van der Waals surface area contributed by atoms with Crippen molar-refractivity contribution in [3.63, 3.8) is 0 Å². The molecule has 0 unspecified atom stereocenters. The van der Waals surface area contributed by atoms with Gasteiger partial charge in [-0.3, -0.25) is 4.79 Å². The molecule has 1 amide bonds. The number of primary amides is 1. The number of nitrogens with zero attached hydrogens (tertiary/aromatic N) is 1. The van der Waals surface area contributed by atoms with Crippen LogP contribution in [0, 0.1) is 6.92 Å². The second-order valence-corrected chi connectivity index (χ2v) is 4.23. The van der Waals surface area contributed by atoms with Crippen LogP contribution in [0.3, 0.4) is 0 Å². The van der Waals surface area contributed by atoms with Gasteiger partial charge in [-0.05, 0) is 18.6 Å². The number of hydrogen-bond acceptors (Lipinski definition) is 3. The van der Waals surface area contributed by atoms with Crippen molar-refractivity contribution < 1.29 is 4.79 Å². The van der Waals surface area contributed by atoms with E-state index in [-0.39, 0.29) is 11.7 Å². The third-order valence-corrected chi connectivity index (χ3v) is 2.94. The highest BCUT2D eigenvalue weighted by atomic mass is 32.2. The Balaban J connectivity index is 2.31. The highest BCUT2D eigenvalue weighted by molar-refractivity contribution is 7.99. The van der Waals surface area contributed by atoms with E-state index in [1.165, 1.54) is 11.8 Å². The topological polar surface area (TPSA) is 71.8 Å². The number of aromatic amines is 1. The quantitative estimate of drug-likeness (QED) is 0.770. The molecular weight excluding hydrogens is 210 g/mol. The molecule has 0 atom stereocenters. The van der Waals surface area contributed by atoms with Gasteiger partial charge in [0, 0.05) is 0 Å². The molecule has 2 rings (SSSR count). The van der Waals surface area contributed by atoms with Crippen LogP contribution in [-0.4, -0.2) is 21.6 Å². The zero-order valence-corrected chi connectivity index (χ0v) is 9.10. The van der Waals surface area contributed by atoms with Gasteiger partial charge in [-0.1, -0.05) is 23.9 Å². The normalized spacial score (nSPS) is 10.7. The van der Waals surface area contributed by atoms with Crippen molar-refractivity contribution in [2.75, 3.05) is 5.75 Å². The number of aromatic nitrogens is 2. The zero-order chi connectivity index (χ0) is 10.8. The molecule has 0 aliphatic carbocycles. The number of carbonyl (C=O) groups excluding carboxylic acids is 1. The molecule has 0 spiro atoms. The minimum Gasteiger partial charge on any atom is -0.369 e. The van der Waals surface area contributed by atoms with Gasteiger partial charge in [0.2, 0.25) is 5.91 Å². The Morgan fingerprint density at radius 1 is 1.60 bits per heavy atom. The number of H-pyrrole nitrogens is 1. The molecule has 78 valence electrons. The first-order chi connectivity index (χ1) is 7.16. The van der Waals surface area contributed by atoms with Crippen molar-refractivity contribution in [3.05, 3.63) is 23.8 Å². The van der Waals surface area contributed by atoms with E-state index in [9.17, 15) is 4.79 Å². The average molecular weight is 221 g/mol. The fourth-order valence-electron chi connectivity index (χ4n) is 1.36. The van der Waals surface area contributed by atoms with Crippen LogP contribution in [-0.2, 0) is 4.79 Å². The molecule has 5 heteroatoms. The molecule has 0 bridgehead atoms. The first kappa shape index (κ1) is 10.0. The molecule has 0 saturated heterocycles. The summed E-state index contributed by atoms with van der Waals surface area (Å²) in [5.41, 5.74) is 8.12. The van der Waals surface area contributed by atoms with Crippen molar-refractivity contribution >= 4 is 28.7 Å². The number of carbonyl (C=O) groups is 1. The van der Waals surface area contributed by atoms with Gasteiger partial charge in [-0.2, -0.15) is 0 Å². The Labute approximate surface area is 91.3 Å². The molecule has 1 aromatic heterocycles. The van der Waals surface area contributed by atoms with Gasteiger partial charge in [0.25, 0.3) is 0 Å². The summed E-state index contributed by atoms with van der Waals surface area (Å²) in [5, 5.41) is 0.734. The Morgan fingerprint density at radius 2 is 2.40 bits per heavy atom. The van der Waals surface area contributed by atoms with Crippen molar-refractivity contribution in [2.24, 2.45) is 5.73 Å². The summed E-state index contributed by atoms with van der Waals surface area (Å²) in [5.74, 6) is -0.0871. The highest BCUT2D eigenvalue weighted by Gasteiger charge is 2.05. The number of amides is 1. The maximum Gasteiger partial charge on any atom is 0.227 e. The minimum atomic E-state index is -0.336. The molecule has 0 saturated carbocycles. The van der Waals surface area contributed by atoms with Gasteiger partial charge < -0.3 is 10.7 Å². The van der Waals surface area contributed by atoms with E-state index in [0.29, 0.717) is 0 Å².